The average molecular weight is 839 g/mol. The normalized spacial score (nSPS) is 11.8. The lowest BCUT2D eigenvalue weighted by Gasteiger charge is -2.18. The minimum atomic E-state index is 1.15. The van der Waals surface area contributed by atoms with Crippen molar-refractivity contribution >= 4 is 44.8 Å². The second-order valence-electron chi connectivity index (χ2n) is 16.8. The number of hydrogen-bond donors (Lipinski definition) is 0. The van der Waals surface area contributed by atoms with Crippen LogP contribution in [0.15, 0.2) is 267 Å². The first-order valence-corrected chi connectivity index (χ1v) is 22.7. The van der Waals surface area contributed by atoms with Crippen LogP contribution in [0.4, 0.5) is 0 Å². The molecule has 0 radical (unpaired) electrons. The summed E-state index contributed by atoms with van der Waals surface area (Å²) in [5, 5.41) is 4.93. The van der Waals surface area contributed by atoms with Gasteiger partial charge in [-0.15, -0.1) is 0 Å². The number of hydrogen-bond acceptors (Lipinski definition) is 0. The molecule has 0 unspecified atom stereocenters. The Kier molecular flexibility index (Phi) is 11.1. The third-order valence-electron chi connectivity index (χ3n) is 12.7. The van der Waals surface area contributed by atoms with Crippen LogP contribution in [0.1, 0.15) is 33.4 Å². The van der Waals surface area contributed by atoms with E-state index in [-0.39, 0.29) is 0 Å². The molecule has 0 saturated carbocycles. The van der Waals surface area contributed by atoms with E-state index < -0.39 is 0 Å². The molecule has 0 aromatic heterocycles. The predicted molar refractivity (Wildman–Crippen MR) is 283 cm³/mol. The molecule has 0 atom stereocenters. The third-order valence-corrected chi connectivity index (χ3v) is 12.7. The van der Waals surface area contributed by atoms with Gasteiger partial charge >= 0.3 is 0 Å². The van der Waals surface area contributed by atoms with Gasteiger partial charge in [0.2, 0.25) is 0 Å². The maximum Gasteiger partial charge on any atom is -0.00262 e. The van der Waals surface area contributed by atoms with E-state index in [1.807, 2.05) is 0 Å². The van der Waals surface area contributed by atoms with Crippen LogP contribution >= 0.6 is 0 Å². The molecule has 0 aliphatic heterocycles. The standard InChI is InChI=1S/C66H46/c1-5-21-49(22-6-1)51-35-39-55(40-36-51)63(53-25-9-3-10-26-53)45-47-19-17-29-57(43-47)65-59-31-13-15-33-61(59)66(62-34-16-14-32-60(62)65)58-30-18-20-48(44-58)46-64(54-27-11-4-12-28-54)56-41-37-52(38-42-56)50-23-7-2-8-24-50/h1-46H. The highest BCUT2D eigenvalue weighted by Gasteiger charge is 2.18. The molecule has 0 N–H and O–H groups in total. The SMILES string of the molecule is C(=C(c1ccccc1)c1ccc(-c2ccccc2)cc1)c1cccc(-c2c3ccccc3c(-c3cccc(C=C(c4ccccc4)c4ccc(-c5ccccc5)cc4)c3)c3ccccc23)c1. The van der Waals surface area contributed by atoms with E-state index in [0.717, 1.165) is 11.1 Å². The van der Waals surface area contributed by atoms with Crippen LogP contribution in [-0.4, -0.2) is 0 Å². The summed E-state index contributed by atoms with van der Waals surface area (Å²) < 4.78 is 0. The Bertz CT molecular complexity index is 3210. The van der Waals surface area contributed by atoms with Crippen molar-refractivity contribution in [1.29, 1.82) is 0 Å². The summed E-state index contributed by atoms with van der Waals surface area (Å²) in [5.74, 6) is 0. The lowest BCUT2D eigenvalue weighted by atomic mass is 9.85. The summed E-state index contributed by atoms with van der Waals surface area (Å²) in [5.41, 5.74) is 19.1. The Labute approximate surface area is 387 Å². The van der Waals surface area contributed by atoms with Crippen molar-refractivity contribution in [2.75, 3.05) is 0 Å². The third kappa shape index (κ3) is 8.21. The van der Waals surface area contributed by atoms with Crippen LogP contribution in [0.2, 0.25) is 0 Å². The Morgan fingerprint density at radius 3 is 0.833 bits per heavy atom. The minimum absolute atomic E-state index is 1.15. The van der Waals surface area contributed by atoms with Crippen LogP contribution in [0.5, 0.6) is 0 Å². The van der Waals surface area contributed by atoms with Crippen LogP contribution in [0, 0.1) is 0 Å². The molecule has 0 heterocycles. The van der Waals surface area contributed by atoms with Crippen molar-refractivity contribution in [1.82, 2.24) is 0 Å². The molecule has 0 amide bonds. The van der Waals surface area contributed by atoms with E-state index in [1.54, 1.807) is 0 Å². The van der Waals surface area contributed by atoms with Crippen LogP contribution in [0.25, 0.3) is 89.4 Å². The van der Waals surface area contributed by atoms with E-state index in [9.17, 15) is 0 Å². The predicted octanol–water partition coefficient (Wildman–Crippen LogP) is 17.8. The van der Waals surface area contributed by atoms with Crippen LogP contribution in [-0.2, 0) is 0 Å². The van der Waals surface area contributed by atoms with E-state index in [2.05, 4.69) is 279 Å². The Morgan fingerprint density at radius 1 is 0.212 bits per heavy atom. The van der Waals surface area contributed by atoms with Crippen LogP contribution in [0.3, 0.4) is 0 Å². The second-order valence-corrected chi connectivity index (χ2v) is 16.8. The first kappa shape index (κ1) is 40.2. The quantitative estimate of drug-likeness (QED) is 0.0951. The zero-order valence-corrected chi connectivity index (χ0v) is 36.6. The molecule has 66 heavy (non-hydrogen) atoms. The smallest absolute Gasteiger partial charge is 0.00262 e. The highest BCUT2D eigenvalue weighted by Crippen LogP contribution is 2.44. The zero-order valence-electron chi connectivity index (χ0n) is 36.6. The first-order chi connectivity index (χ1) is 32.7. The molecule has 0 fully saturated rings. The van der Waals surface area contributed by atoms with Crippen molar-refractivity contribution in [2.45, 2.75) is 0 Å². The lowest BCUT2D eigenvalue weighted by Crippen LogP contribution is -1.92. The largest absolute Gasteiger partial charge is 0.0622 e. The minimum Gasteiger partial charge on any atom is -0.0622 e. The monoisotopic (exact) mass is 838 g/mol. The molecular weight excluding hydrogens is 793 g/mol. The van der Waals surface area contributed by atoms with Gasteiger partial charge in [-0.2, -0.15) is 0 Å². The van der Waals surface area contributed by atoms with E-state index in [4.69, 9.17) is 0 Å². The molecule has 0 heteroatoms. The Balaban J connectivity index is 1.01. The highest BCUT2D eigenvalue weighted by molar-refractivity contribution is 6.21. The van der Waals surface area contributed by atoms with Gasteiger partial charge in [0.1, 0.15) is 0 Å². The summed E-state index contributed by atoms with van der Waals surface area (Å²) in [6.07, 6.45) is 4.69. The Morgan fingerprint density at radius 2 is 0.485 bits per heavy atom. The molecule has 0 aliphatic carbocycles. The summed E-state index contributed by atoms with van der Waals surface area (Å²) in [7, 11) is 0. The average Bonchev–Trinajstić information content (AvgIpc) is 3.40. The van der Waals surface area contributed by atoms with Crippen molar-refractivity contribution in [3.05, 3.63) is 300 Å². The van der Waals surface area contributed by atoms with Gasteiger partial charge in [0.15, 0.2) is 0 Å². The van der Waals surface area contributed by atoms with E-state index >= 15 is 0 Å². The number of rotatable bonds is 10. The number of benzene rings is 11. The summed E-state index contributed by atoms with van der Waals surface area (Å²) in [6, 6.07) is 96.6. The maximum atomic E-state index is 2.36. The number of fused-ring (bicyclic) bond motifs is 2. The molecule has 0 aliphatic rings. The van der Waals surface area contributed by atoms with Gasteiger partial charge in [0.05, 0.1) is 0 Å². The van der Waals surface area contributed by atoms with Crippen molar-refractivity contribution in [3.8, 4) is 44.5 Å². The first-order valence-electron chi connectivity index (χ1n) is 22.7. The van der Waals surface area contributed by atoms with Gasteiger partial charge < -0.3 is 0 Å². The highest BCUT2D eigenvalue weighted by atomic mass is 14.2. The lowest BCUT2D eigenvalue weighted by molar-refractivity contribution is 1.54. The molecule has 0 bridgehead atoms. The molecule has 0 nitrogen and oxygen atoms in total. The molecule has 0 spiro atoms. The molecule has 0 saturated heterocycles. The topological polar surface area (TPSA) is 0 Å². The summed E-state index contributed by atoms with van der Waals surface area (Å²) in [4.78, 5) is 0. The molecule has 11 aromatic rings. The van der Waals surface area contributed by atoms with Gasteiger partial charge in [-0.25, -0.2) is 0 Å². The molecule has 11 aromatic carbocycles. The Hall–Kier alpha value is -8.58. The van der Waals surface area contributed by atoms with Gasteiger partial charge in [-0.3, -0.25) is 0 Å². The van der Waals surface area contributed by atoms with Gasteiger partial charge in [-0.1, -0.05) is 255 Å². The summed E-state index contributed by atoms with van der Waals surface area (Å²) in [6.45, 7) is 0. The van der Waals surface area contributed by atoms with Crippen molar-refractivity contribution < 1.29 is 0 Å². The zero-order chi connectivity index (χ0) is 44.1. The van der Waals surface area contributed by atoms with Gasteiger partial charge in [-0.05, 0) is 135 Å². The summed E-state index contributed by atoms with van der Waals surface area (Å²) >= 11 is 0. The second kappa shape index (κ2) is 18.3. The fourth-order valence-corrected chi connectivity index (χ4v) is 9.50. The fourth-order valence-electron chi connectivity index (χ4n) is 9.50. The maximum absolute atomic E-state index is 2.36. The fraction of sp³-hybridized carbons (Fsp3) is 0. The van der Waals surface area contributed by atoms with E-state index in [1.165, 1.54) is 99.5 Å². The van der Waals surface area contributed by atoms with Gasteiger partial charge in [0, 0.05) is 0 Å². The molecule has 310 valence electrons. The van der Waals surface area contributed by atoms with Gasteiger partial charge in [0.25, 0.3) is 0 Å². The molecular formula is C66H46. The van der Waals surface area contributed by atoms with Crippen molar-refractivity contribution in [2.24, 2.45) is 0 Å². The molecule has 11 rings (SSSR count). The van der Waals surface area contributed by atoms with Crippen LogP contribution < -0.4 is 0 Å². The van der Waals surface area contributed by atoms with E-state index in [0.29, 0.717) is 0 Å². The van der Waals surface area contributed by atoms with Crippen molar-refractivity contribution in [3.63, 3.8) is 0 Å².